The first kappa shape index (κ1) is 25.3. The Labute approximate surface area is 192 Å². The van der Waals surface area contributed by atoms with Crippen molar-refractivity contribution in [2.75, 3.05) is 6.61 Å². The quantitative estimate of drug-likeness (QED) is 0.227. The predicted octanol–water partition coefficient (Wildman–Crippen LogP) is 8.24. The molecule has 0 amide bonds. The summed E-state index contributed by atoms with van der Waals surface area (Å²) in [7, 11) is 0. The van der Waals surface area contributed by atoms with Crippen molar-refractivity contribution in [3.05, 3.63) is 51.2 Å². The van der Waals surface area contributed by atoms with Gasteiger partial charge in [0.1, 0.15) is 0 Å². The van der Waals surface area contributed by atoms with Gasteiger partial charge < -0.3 is 0 Å². The molecule has 0 aliphatic heterocycles. The zero-order chi connectivity index (χ0) is 21.8. The van der Waals surface area contributed by atoms with Crippen molar-refractivity contribution in [1.82, 2.24) is 9.78 Å². The summed E-state index contributed by atoms with van der Waals surface area (Å²) in [6.07, 6.45) is 12.4. The minimum atomic E-state index is -2.30. The molecule has 30 heavy (non-hydrogen) atoms. The van der Waals surface area contributed by atoms with E-state index in [4.69, 9.17) is 16.3 Å². The van der Waals surface area contributed by atoms with Crippen LogP contribution in [0.2, 0.25) is 18.3 Å². The number of hydrogen-bond acceptors (Lipinski definition) is 2. The molecular weight excluding hydrogens is 498 g/mol. The Bertz CT molecular complexity index is 748. The van der Waals surface area contributed by atoms with E-state index in [9.17, 15) is 0 Å². The topological polar surface area (TPSA) is 27.1 Å². The number of aromatic nitrogens is 2. The second-order valence-electron chi connectivity index (χ2n) is 8.36. The summed E-state index contributed by atoms with van der Waals surface area (Å²) in [5, 5.41) is 5.29. The molecule has 0 N–H and O–H groups in total. The maximum absolute atomic E-state index is 6.01. The number of ether oxygens (including phenoxy) is 1. The molecule has 166 valence electrons. The van der Waals surface area contributed by atoms with E-state index in [-0.39, 0.29) is 0 Å². The zero-order valence-corrected chi connectivity index (χ0v) is 22.9. The number of benzene rings is 1. The predicted molar refractivity (Wildman–Crippen MR) is 133 cm³/mol. The van der Waals surface area contributed by atoms with Crippen LogP contribution < -0.4 is 4.74 Å². The van der Waals surface area contributed by atoms with Crippen LogP contribution in [0.25, 0.3) is 5.69 Å². The fourth-order valence-electron chi connectivity index (χ4n) is 4.10. The van der Waals surface area contributed by atoms with E-state index in [0.29, 0.717) is 12.5 Å². The van der Waals surface area contributed by atoms with E-state index in [2.05, 4.69) is 38.9 Å². The number of hydrogen-bond donors (Lipinski definition) is 0. The van der Waals surface area contributed by atoms with Gasteiger partial charge >= 0.3 is 193 Å². The van der Waals surface area contributed by atoms with Crippen LogP contribution >= 0.6 is 11.6 Å². The van der Waals surface area contributed by atoms with Crippen molar-refractivity contribution in [3.63, 3.8) is 0 Å². The summed E-state index contributed by atoms with van der Waals surface area (Å²) in [6, 6.07) is 9.60. The Morgan fingerprint density at radius 1 is 0.967 bits per heavy atom. The second kappa shape index (κ2) is 13.5. The molecule has 0 atom stereocenters. The van der Waals surface area contributed by atoms with E-state index in [1.54, 1.807) is 3.59 Å². The zero-order valence-electron chi connectivity index (χ0n) is 19.3. The van der Waals surface area contributed by atoms with Crippen LogP contribution in [0.5, 0.6) is 5.88 Å². The van der Waals surface area contributed by atoms with Crippen LogP contribution in [-0.4, -0.2) is 34.8 Å². The van der Waals surface area contributed by atoms with E-state index in [1.807, 2.05) is 41.2 Å². The van der Waals surface area contributed by atoms with Gasteiger partial charge in [-0.3, -0.25) is 0 Å². The number of unbranched alkanes of at least 4 members (excludes halogenated alkanes) is 3. The van der Waals surface area contributed by atoms with Gasteiger partial charge in [0.05, 0.1) is 0 Å². The van der Waals surface area contributed by atoms with Gasteiger partial charge in [0.2, 0.25) is 0 Å². The van der Waals surface area contributed by atoms with Gasteiger partial charge in [-0.1, -0.05) is 0 Å². The molecule has 0 aliphatic carbocycles. The molecule has 5 heteroatoms. The number of halogens is 1. The van der Waals surface area contributed by atoms with E-state index < -0.39 is 18.4 Å². The van der Waals surface area contributed by atoms with Gasteiger partial charge in [-0.05, 0) is 0 Å². The van der Waals surface area contributed by atoms with Gasteiger partial charge in [0.15, 0.2) is 0 Å². The molecule has 1 heterocycles. The summed E-state index contributed by atoms with van der Waals surface area (Å²) in [5.74, 6) is 0.672. The first-order chi connectivity index (χ1) is 14.5. The van der Waals surface area contributed by atoms with Crippen molar-refractivity contribution in [1.29, 1.82) is 0 Å². The van der Waals surface area contributed by atoms with Crippen LogP contribution in [-0.2, 0) is 0 Å². The van der Waals surface area contributed by atoms with Gasteiger partial charge in [0.25, 0.3) is 0 Å². The van der Waals surface area contributed by atoms with Crippen molar-refractivity contribution >= 4 is 30.0 Å². The molecule has 0 saturated carbocycles. The molecule has 2 aromatic rings. The number of nitrogens with zero attached hydrogens (tertiary/aromatic N) is 2. The van der Waals surface area contributed by atoms with Crippen molar-refractivity contribution < 1.29 is 4.74 Å². The van der Waals surface area contributed by atoms with Crippen LogP contribution in [0.15, 0.2) is 46.2 Å². The van der Waals surface area contributed by atoms with Crippen molar-refractivity contribution in [3.8, 4) is 11.6 Å². The van der Waals surface area contributed by atoms with Gasteiger partial charge in [-0.25, -0.2) is 0 Å². The molecule has 3 nitrogen and oxygen atoms in total. The molecule has 0 spiro atoms. The molecule has 0 saturated heterocycles. The van der Waals surface area contributed by atoms with Crippen LogP contribution in [0.1, 0.15) is 66.2 Å². The molecule has 0 aliphatic rings. The molecule has 0 radical (unpaired) electrons. The fraction of sp³-hybridized carbons (Fsp3) is 0.560. The molecule has 1 aromatic heterocycles. The van der Waals surface area contributed by atoms with Gasteiger partial charge in [-0.15, -0.1) is 0 Å². The third kappa shape index (κ3) is 7.63. The summed E-state index contributed by atoms with van der Waals surface area (Å²) < 4.78 is 14.0. The Morgan fingerprint density at radius 3 is 2.07 bits per heavy atom. The van der Waals surface area contributed by atoms with Crippen LogP contribution in [0.3, 0.4) is 0 Å². The van der Waals surface area contributed by atoms with Crippen molar-refractivity contribution in [2.45, 2.75) is 79.5 Å². The molecule has 0 fully saturated rings. The summed E-state index contributed by atoms with van der Waals surface area (Å²) in [6.45, 7) is 10.0. The normalized spacial score (nSPS) is 12.4. The molecular formula is C25H39ClN2OSn. The minimum absolute atomic E-state index is 0.618. The third-order valence-corrected chi connectivity index (χ3v) is 23.0. The fourth-order valence-corrected chi connectivity index (χ4v) is 20.0. The summed E-state index contributed by atoms with van der Waals surface area (Å²) in [5.41, 5.74) is 0.981. The van der Waals surface area contributed by atoms with Gasteiger partial charge in [-0.2, -0.15) is 0 Å². The van der Waals surface area contributed by atoms with Crippen molar-refractivity contribution in [2.24, 2.45) is 0 Å². The average molecular weight is 538 g/mol. The van der Waals surface area contributed by atoms with E-state index in [0.717, 1.165) is 10.7 Å². The Balaban J connectivity index is 2.06. The summed E-state index contributed by atoms with van der Waals surface area (Å²) in [4.78, 5) is 0. The van der Waals surface area contributed by atoms with Crippen LogP contribution in [0.4, 0.5) is 0 Å². The maximum atomic E-state index is 6.01. The Kier molecular flexibility index (Phi) is 11.4. The average Bonchev–Trinajstić information content (AvgIpc) is 3.23. The molecule has 1 aromatic carbocycles. The van der Waals surface area contributed by atoms with Gasteiger partial charge in [0, 0.05) is 0 Å². The second-order valence-corrected chi connectivity index (χ2v) is 22.6. The first-order valence-electron chi connectivity index (χ1n) is 11.7. The Morgan fingerprint density at radius 2 is 1.53 bits per heavy atom. The standard InChI is InChI=1S/C13H12ClN2O.3C4H9.Sn/c1-2-3-10-17-13-8-9-16(15-13)12-6-4-11(14)5-7-12;3*1-3-4-2;/h3-9H,10H2,1H3;3*1,3-4H2,2H3;. The third-order valence-electron chi connectivity index (χ3n) is 6.14. The van der Waals surface area contributed by atoms with Crippen LogP contribution in [0, 0.1) is 0 Å². The van der Waals surface area contributed by atoms with E-state index in [1.165, 1.54) is 51.8 Å². The Hall–Kier alpha value is -0.941. The molecule has 0 unspecified atom stereocenters. The summed E-state index contributed by atoms with van der Waals surface area (Å²) >= 11 is 3.68. The SMILES string of the molecule is CCC[CH2][Sn]([CH2]CCC)([CH2]CCC)/[C](C)=C\COc1ccn(-c2ccc(Cl)cc2)n1. The number of allylic oxidation sites excluding steroid dienone is 1. The monoisotopic (exact) mass is 538 g/mol. The first-order valence-corrected chi connectivity index (χ1v) is 19.5. The van der Waals surface area contributed by atoms with E-state index >= 15 is 0 Å². The number of rotatable bonds is 14. The molecule has 2 rings (SSSR count). The molecule has 0 bridgehead atoms.